The molecular formula is C12H14FN3O3. The first-order valence-corrected chi connectivity index (χ1v) is 5.79. The molecule has 2 atom stereocenters. The molecule has 5 N–H and O–H groups in total. The maximum Gasteiger partial charge on any atom is 0.251 e. The van der Waals surface area contributed by atoms with Gasteiger partial charge in [0.2, 0.25) is 5.91 Å². The number of carbonyl (C=O) groups excluding carboxylic acids is 2. The minimum absolute atomic E-state index is 0.280. The second-order valence-corrected chi connectivity index (χ2v) is 4.40. The van der Waals surface area contributed by atoms with Gasteiger partial charge in [-0.05, 0) is 24.6 Å². The Kier molecular flexibility index (Phi) is 3.77. The first kappa shape index (κ1) is 13.4. The Morgan fingerprint density at radius 2 is 2.21 bits per heavy atom. The van der Waals surface area contributed by atoms with E-state index >= 15 is 0 Å². The summed E-state index contributed by atoms with van der Waals surface area (Å²) in [5, 5.41) is 14.7. The van der Waals surface area contributed by atoms with E-state index in [1.54, 1.807) is 0 Å². The van der Waals surface area contributed by atoms with E-state index in [9.17, 15) is 19.1 Å². The van der Waals surface area contributed by atoms with E-state index < -0.39 is 23.9 Å². The van der Waals surface area contributed by atoms with Crippen molar-refractivity contribution in [2.75, 3.05) is 11.9 Å². The van der Waals surface area contributed by atoms with E-state index in [-0.39, 0.29) is 17.2 Å². The highest BCUT2D eigenvalue weighted by molar-refractivity contribution is 5.98. The van der Waals surface area contributed by atoms with E-state index in [0.29, 0.717) is 13.0 Å². The zero-order chi connectivity index (χ0) is 14.0. The van der Waals surface area contributed by atoms with Crippen LogP contribution in [0.5, 0.6) is 0 Å². The lowest BCUT2D eigenvalue weighted by atomic mass is 10.1. The molecule has 2 amide bonds. The summed E-state index contributed by atoms with van der Waals surface area (Å²) < 4.78 is 13.3. The number of carbonyl (C=O) groups is 2. The molecule has 19 heavy (non-hydrogen) atoms. The van der Waals surface area contributed by atoms with Crippen LogP contribution >= 0.6 is 0 Å². The largest absolute Gasteiger partial charge is 0.392 e. The van der Waals surface area contributed by atoms with Crippen molar-refractivity contribution < 1.29 is 19.1 Å². The lowest BCUT2D eigenvalue weighted by Crippen LogP contribution is -2.35. The predicted molar refractivity (Wildman–Crippen MR) is 66.0 cm³/mol. The Morgan fingerprint density at radius 1 is 1.47 bits per heavy atom. The number of aliphatic hydroxyl groups excluding tert-OH is 1. The van der Waals surface area contributed by atoms with Crippen LogP contribution in [0.25, 0.3) is 0 Å². The molecule has 1 saturated heterocycles. The molecule has 0 bridgehead atoms. The van der Waals surface area contributed by atoms with Crippen LogP contribution < -0.4 is 16.4 Å². The third kappa shape index (κ3) is 3.07. The van der Waals surface area contributed by atoms with Gasteiger partial charge < -0.3 is 21.5 Å². The highest BCUT2D eigenvalue weighted by Gasteiger charge is 2.28. The van der Waals surface area contributed by atoms with Crippen LogP contribution in [0.4, 0.5) is 10.1 Å². The summed E-state index contributed by atoms with van der Waals surface area (Å²) in [5.41, 5.74) is 5.02. The first-order chi connectivity index (χ1) is 8.97. The average molecular weight is 267 g/mol. The number of rotatable bonds is 3. The van der Waals surface area contributed by atoms with Crippen LogP contribution in [-0.4, -0.2) is 35.6 Å². The monoisotopic (exact) mass is 267 g/mol. The molecule has 6 nitrogen and oxygen atoms in total. The number of primary amides is 1. The number of nitrogens with two attached hydrogens (primary N) is 1. The SMILES string of the molecule is NC(=O)c1cc(NC(=O)C2CC(O)CN2)ccc1F. The molecule has 0 saturated carbocycles. The highest BCUT2D eigenvalue weighted by atomic mass is 19.1. The van der Waals surface area contributed by atoms with Crippen molar-refractivity contribution >= 4 is 17.5 Å². The summed E-state index contributed by atoms with van der Waals surface area (Å²) in [6, 6.07) is 3.08. The summed E-state index contributed by atoms with van der Waals surface area (Å²) in [7, 11) is 0. The van der Waals surface area contributed by atoms with Gasteiger partial charge in [0, 0.05) is 12.2 Å². The number of halogens is 1. The number of hydrogen-bond donors (Lipinski definition) is 4. The topological polar surface area (TPSA) is 104 Å². The molecule has 1 heterocycles. The lowest BCUT2D eigenvalue weighted by Gasteiger charge is -2.11. The maximum atomic E-state index is 13.3. The number of anilines is 1. The fourth-order valence-corrected chi connectivity index (χ4v) is 1.94. The fraction of sp³-hybridized carbons (Fsp3) is 0.333. The van der Waals surface area contributed by atoms with Crippen LogP contribution in [0, 0.1) is 5.82 Å². The van der Waals surface area contributed by atoms with Crippen LogP contribution in [0.1, 0.15) is 16.8 Å². The van der Waals surface area contributed by atoms with Crippen LogP contribution in [0.2, 0.25) is 0 Å². The minimum Gasteiger partial charge on any atom is -0.392 e. The molecular weight excluding hydrogens is 253 g/mol. The van der Waals surface area contributed by atoms with E-state index in [4.69, 9.17) is 5.73 Å². The van der Waals surface area contributed by atoms with Gasteiger partial charge in [-0.15, -0.1) is 0 Å². The summed E-state index contributed by atoms with van der Waals surface area (Å²) in [5.74, 6) is -1.98. The standard InChI is InChI=1S/C12H14FN3O3/c13-9-2-1-6(3-8(9)11(14)18)16-12(19)10-4-7(17)5-15-10/h1-3,7,10,15,17H,4-5H2,(H2,14,18)(H,16,19). The third-order valence-corrected chi connectivity index (χ3v) is 2.92. The zero-order valence-electron chi connectivity index (χ0n) is 10.0. The third-order valence-electron chi connectivity index (χ3n) is 2.92. The molecule has 2 unspecified atom stereocenters. The molecule has 1 aliphatic heterocycles. The summed E-state index contributed by atoms with van der Waals surface area (Å²) >= 11 is 0. The number of benzene rings is 1. The summed E-state index contributed by atoms with van der Waals surface area (Å²) in [6.45, 7) is 0.355. The molecule has 7 heteroatoms. The molecule has 1 aromatic rings. The van der Waals surface area contributed by atoms with Gasteiger partial charge in [-0.3, -0.25) is 9.59 Å². The van der Waals surface area contributed by atoms with E-state index in [1.165, 1.54) is 12.1 Å². The van der Waals surface area contributed by atoms with E-state index in [0.717, 1.165) is 6.07 Å². The smallest absolute Gasteiger partial charge is 0.251 e. The Balaban J connectivity index is 2.09. The van der Waals surface area contributed by atoms with Crippen molar-refractivity contribution in [3.05, 3.63) is 29.6 Å². The highest BCUT2D eigenvalue weighted by Crippen LogP contribution is 2.16. The number of β-amino-alcohol motifs (C(OH)–C–C–N with tert-alkyl or cyclic N) is 1. The lowest BCUT2D eigenvalue weighted by molar-refractivity contribution is -0.117. The predicted octanol–water partition coefficient (Wildman–Crippen LogP) is -0.414. The van der Waals surface area contributed by atoms with Gasteiger partial charge in [0.1, 0.15) is 5.82 Å². The molecule has 0 aliphatic carbocycles. The Morgan fingerprint density at radius 3 is 2.79 bits per heavy atom. The van der Waals surface area contributed by atoms with Gasteiger partial charge in [0.25, 0.3) is 5.91 Å². The fourth-order valence-electron chi connectivity index (χ4n) is 1.94. The molecule has 0 radical (unpaired) electrons. The summed E-state index contributed by atoms with van der Waals surface area (Å²) in [4.78, 5) is 22.8. The van der Waals surface area contributed by atoms with Crippen LogP contribution in [0.3, 0.4) is 0 Å². The molecule has 0 spiro atoms. The quantitative estimate of drug-likeness (QED) is 0.597. The zero-order valence-corrected chi connectivity index (χ0v) is 10.0. The van der Waals surface area contributed by atoms with E-state index in [1.807, 2.05) is 0 Å². The second kappa shape index (κ2) is 5.33. The van der Waals surface area contributed by atoms with Crippen molar-refractivity contribution in [3.63, 3.8) is 0 Å². The molecule has 102 valence electrons. The van der Waals surface area contributed by atoms with Gasteiger partial charge >= 0.3 is 0 Å². The van der Waals surface area contributed by atoms with Crippen molar-refractivity contribution in [3.8, 4) is 0 Å². The van der Waals surface area contributed by atoms with Crippen molar-refractivity contribution in [1.82, 2.24) is 5.32 Å². The molecule has 1 aromatic carbocycles. The van der Waals surface area contributed by atoms with Crippen LogP contribution in [-0.2, 0) is 4.79 Å². The van der Waals surface area contributed by atoms with Crippen LogP contribution in [0.15, 0.2) is 18.2 Å². The van der Waals surface area contributed by atoms with Gasteiger partial charge in [-0.2, -0.15) is 0 Å². The Bertz CT molecular complexity index is 521. The van der Waals surface area contributed by atoms with Crippen molar-refractivity contribution in [2.45, 2.75) is 18.6 Å². The molecule has 1 fully saturated rings. The van der Waals surface area contributed by atoms with E-state index in [2.05, 4.69) is 10.6 Å². The first-order valence-electron chi connectivity index (χ1n) is 5.79. The average Bonchev–Trinajstić information content (AvgIpc) is 2.78. The van der Waals surface area contributed by atoms with Crippen molar-refractivity contribution in [1.29, 1.82) is 0 Å². The Labute approximate surface area is 108 Å². The normalized spacial score (nSPS) is 22.2. The summed E-state index contributed by atoms with van der Waals surface area (Å²) in [6.07, 6.45) is -0.236. The second-order valence-electron chi connectivity index (χ2n) is 4.40. The minimum atomic E-state index is -0.900. The van der Waals surface area contributed by atoms with Gasteiger partial charge in [0.15, 0.2) is 0 Å². The molecule has 0 aromatic heterocycles. The number of hydrogen-bond acceptors (Lipinski definition) is 4. The number of aliphatic hydroxyl groups is 1. The maximum absolute atomic E-state index is 13.3. The molecule has 1 aliphatic rings. The van der Waals surface area contributed by atoms with Gasteiger partial charge in [0.05, 0.1) is 17.7 Å². The van der Waals surface area contributed by atoms with Gasteiger partial charge in [-0.1, -0.05) is 0 Å². The Hall–Kier alpha value is -1.99. The number of amides is 2. The molecule has 2 rings (SSSR count). The van der Waals surface area contributed by atoms with Gasteiger partial charge in [-0.25, -0.2) is 4.39 Å². The van der Waals surface area contributed by atoms with Crippen molar-refractivity contribution in [2.24, 2.45) is 5.73 Å². The number of nitrogens with one attached hydrogen (secondary N) is 2.